The molecule has 0 saturated carbocycles. The molecule has 1 saturated heterocycles. The first kappa shape index (κ1) is 17.8. The summed E-state index contributed by atoms with van der Waals surface area (Å²) in [5.74, 6) is -3.07. The summed E-state index contributed by atoms with van der Waals surface area (Å²) >= 11 is 0. The Labute approximate surface area is 138 Å². The predicted octanol–water partition coefficient (Wildman–Crippen LogP) is 0.679. The lowest BCUT2D eigenvalue weighted by molar-refractivity contribution is -0.128. The number of nitrogens with one attached hydrogen (secondary N) is 2. The topological polar surface area (TPSA) is 78.5 Å². The van der Waals surface area contributed by atoms with Crippen molar-refractivity contribution in [1.82, 2.24) is 15.5 Å². The predicted molar refractivity (Wildman–Crippen MR) is 82.1 cm³/mol. The molecular formula is C16H19F2N3O3. The van der Waals surface area contributed by atoms with Gasteiger partial charge in [0, 0.05) is 38.7 Å². The van der Waals surface area contributed by atoms with Crippen LogP contribution in [-0.4, -0.2) is 48.8 Å². The van der Waals surface area contributed by atoms with Gasteiger partial charge in [0.15, 0.2) is 0 Å². The van der Waals surface area contributed by atoms with Crippen LogP contribution in [-0.2, 0) is 9.59 Å². The molecule has 0 radical (unpaired) electrons. The number of rotatable bonds is 6. The lowest BCUT2D eigenvalue weighted by Crippen LogP contribution is -2.38. The number of hydrogen-bond acceptors (Lipinski definition) is 3. The first-order valence-electron chi connectivity index (χ1n) is 7.71. The number of benzene rings is 1. The second kappa shape index (κ2) is 7.85. The van der Waals surface area contributed by atoms with E-state index >= 15 is 0 Å². The Hall–Kier alpha value is -2.51. The zero-order valence-electron chi connectivity index (χ0n) is 13.3. The molecule has 6 nitrogen and oxygen atoms in total. The third-order valence-electron chi connectivity index (χ3n) is 3.85. The molecule has 1 aromatic rings. The van der Waals surface area contributed by atoms with Crippen molar-refractivity contribution in [2.75, 3.05) is 26.2 Å². The van der Waals surface area contributed by atoms with Gasteiger partial charge in [0.2, 0.25) is 11.8 Å². The van der Waals surface area contributed by atoms with Gasteiger partial charge in [-0.25, -0.2) is 8.78 Å². The molecule has 1 fully saturated rings. The van der Waals surface area contributed by atoms with Crippen molar-refractivity contribution >= 4 is 17.7 Å². The van der Waals surface area contributed by atoms with Crippen LogP contribution in [0.2, 0.25) is 0 Å². The van der Waals surface area contributed by atoms with E-state index < -0.39 is 17.5 Å². The fraction of sp³-hybridized carbons (Fsp3) is 0.438. The maximum atomic E-state index is 13.4. The Morgan fingerprint density at radius 2 is 1.96 bits per heavy atom. The molecule has 2 N–H and O–H groups in total. The second-order valence-corrected chi connectivity index (χ2v) is 5.50. The molecule has 8 heteroatoms. The van der Waals surface area contributed by atoms with Crippen molar-refractivity contribution in [3.05, 3.63) is 35.4 Å². The zero-order valence-corrected chi connectivity index (χ0v) is 13.3. The molecule has 130 valence electrons. The van der Waals surface area contributed by atoms with Crippen LogP contribution in [0.15, 0.2) is 18.2 Å². The Morgan fingerprint density at radius 3 is 2.58 bits per heavy atom. The Morgan fingerprint density at radius 1 is 1.25 bits per heavy atom. The summed E-state index contributed by atoms with van der Waals surface area (Å²) in [6.07, 6.45) is 0.187. The standard InChI is InChI=1S/C16H19F2N3O3/c1-2-21-9-10(7-14(21)22)15(23)19-5-6-20-16(24)12-4-3-11(17)8-13(12)18/h3-4,8,10H,2,5-7,9H2,1H3,(H,19,23)(H,20,24)/t10-/m1/s1. The first-order chi connectivity index (χ1) is 11.4. The number of carbonyl (C=O) groups excluding carboxylic acids is 3. The quantitative estimate of drug-likeness (QED) is 0.748. The molecule has 2 rings (SSSR count). The fourth-order valence-electron chi connectivity index (χ4n) is 2.53. The lowest BCUT2D eigenvalue weighted by Gasteiger charge is -2.13. The molecule has 0 spiro atoms. The average Bonchev–Trinajstić information content (AvgIpc) is 2.92. The molecule has 0 aromatic heterocycles. The van der Waals surface area contributed by atoms with E-state index in [0.717, 1.165) is 12.1 Å². The van der Waals surface area contributed by atoms with Gasteiger partial charge in [-0.3, -0.25) is 14.4 Å². The summed E-state index contributed by atoms with van der Waals surface area (Å²) in [5.41, 5.74) is -0.261. The highest BCUT2D eigenvalue weighted by molar-refractivity contribution is 5.94. The van der Waals surface area contributed by atoms with Gasteiger partial charge in [-0.1, -0.05) is 0 Å². The average molecular weight is 339 g/mol. The van der Waals surface area contributed by atoms with E-state index in [2.05, 4.69) is 10.6 Å². The van der Waals surface area contributed by atoms with E-state index in [-0.39, 0.29) is 42.8 Å². The van der Waals surface area contributed by atoms with Crippen LogP contribution in [0, 0.1) is 17.6 Å². The molecule has 1 aliphatic heterocycles. The van der Waals surface area contributed by atoms with Gasteiger partial charge in [-0.2, -0.15) is 0 Å². The number of halogens is 2. The molecule has 1 aromatic carbocycles. The summed E-state index contributed by atoms with van der Waals surface area (Å²) in [6.45, 7) is 3.07. The molecule has 1 aliphatic rings. The number of amides is 3. The minimum atomic E-state index is -0.944. The van der Waals surface area contributed by atoms with Crippen molar-refractivity contribution < 1.29 is 23.2 Å². The molecule has 0 unspecified atom stereocenters. The van der Waals surface area contributed by atoms with Crippen LogP contribution in [0.1, 0.15) is 23.7 Å². The molecule has 1 atom stereocenters. The van der Waals surface area contributed by atoms with E-state index in [0.29, 0.717) is 19.2 Å². The van der Waals surface area contributed by atoms with Crippen molar-refractivity contribution in [1.29, 1.82) is 0 Å². The van der Waals surface area contributed by atoms with Gasteiger partial charge < -0.3 is 15.5 Å². The summed E-state index contributed by atoms with van der Waals surface area (Å²) in [4.78, 5) is 36.9. The maximum Gasteiger partial charge on any atom is 0.254 e. The summed E-state index contributed by atoms with van der Waals surface area (Å²) in [5, 5.41) is 5.07. The van der Waals surface area contributed by atoms with Crippen molar-refractivity contribution in [2.45, 2.75) is 13.3 Å². The Balaban J connectivity index is 1.74. The minimum absolute atomic E-state index is 0.0438. The Kier molecular flexibility index (Phi) is 5.83. The molecule has 1 heterocycles. The smallest absolute Gasteiger partial charge is 0.254 e. The molecule has 0 aliphatic carbocycles. The highest BCUT2D eigenvalue weighted by atomic mass is 19.1. The first-order valence-corrected chi connectivity index (χ1v) is 7.71. The molecule has 0 bridgehead atoms. The summed E-state index contributed by atoms with van der Waals surface area (Å²) in [7, 11) is 0. The van der Waals surface area contributed by atoms with Gasteiger partial charge in [-0.05, 0) is 19.1 Å². The van der Waals surface area contributed by atoms with Crippen LogP contribution in [0.25, 0.3) is 0 Å². The Bertz CT molecular complexity index is 651. The van der Waals surface area contributed by atoms with Crippen LogP contribution < -0.4 is 10.6 Å². The van der Waals surface area contributed by atoms with Crippen LogP contribution in [0.5, 0.6) is 0 Å². The highest BCUT2D eigenvalue weighted by Gasteiger charge is 2.33. The third kappa shape index (κ3) is 4.27. The van der Waals surface area contributed by atoms with E-state index in [4.69, 9.17) is 0 Å². The van der Waals surface area contributed by atoms with E-state index in [1.165, 1.54) is 0 Å². The van der Waals surface area contributed by atoms with E-state index in [9.17, 15) is 23.2 Å². The van der Waals surface area contributed by atoms with E-state index in [1.807, 2.05) is 6.92 Å². The van der Waals surface area contributed by atoms with Crippen LogP contribution in [0.4, 0.5) is 8.78 Å². The SMILES string of the molecule is CCN1C[C@H](C(=O)NCCNC(=O)c2ccc(F)cc2F)CC1=O. The third-order valence-corrected chi connectivity index (χ3v) is 3.85. The van der Waals surface area contributed by atoms with Crippen molar-refractivity contribution in [2.24, 2.45) is 5.92 Å². The normalized spacial score (nSPS) is 17.0. The summed E-state index contributed by atoms with van der Waals surface area (Å²) < 4.78 is 26.2. The van der Waals surface area contributed by atoms with Gasteiger partial charge in [-0.15, -0.1) is 0 Å². The minimum Gasteiger partial charge on any atom is -0.354 e. The number of hydrogen-bond donors (Lipinski definition) is 2. The van der Waals surface area contributed by atoms with Crippen LogP contribution >= 0.6 is 0 Å². The summed E-state index contributed by atoms with van der Waals surface area (Å²) in [6, 6.07) is 2.69. The van der Waals surface area contributed by atoms with Gasteiger partial charge >= 0.3 is 0 Å². The monoisotopic (exact) mass is 339 g/mol. The second-order valence-electron chi connectivity index (χ2n) is 5.50. The van der Waals surface area contributed by atoms with Gasteiger partial charge in [0.05, 0.1) is 11.5 Å². The van der Waals surface area contributed by atoms with Gasteiger partial charge in [0.1, 0.15) is 11.6 Å². The van der Waals surface area contributed by atoms with Gasteiger partial charge in [0.25, 0.3) is 5.91 Å². The number of likely N-dealkylation sites (tertiary alicyclic amines) is 1. The molecule has 3 amide bonds. The van der Waals surface area contributed by atoms with Crippen molar-refractivity contribution in [3.63, 3.8) is 0 Å². The number of nitrogens with zero attached hydrogens (tertiary/aromatic N) is 1. The number of carbonyl (C=O) groups is 3. The molecular weight excluding hydrogens is 320 g/mol. The zero-order chi connectivity index (χ0) is 17.7. The fourth-order valence-corrected chi connectivity index (χ4v) is 2.53. The lowest BCUT2D eigenvalue weighted by atomic mass is 10.1. The van der Waals surface area contributed by atoms with Crippen molar-refractivity contribution in [3.8, 4) is 0 Å². The highest BCUT2D eigenvalue weighted by Crippen LogP contribution is 2.17. The molecule has 24 heavy (non-hydrogen) atoms. The van der Waals surface area contributed by atoms with E-state index in [1.54, 1.807) is 4.90 Å². The van der Waals surface area contributed by atoms with Crippen LogP contribution in [0.3, 0.4) is 0 Å². The largest absolute Gasteiger partial charge is 0.354 e. The maximum absolute atomic E-state index is 13.4.